The van der Waals surface area contributed by atoms with Gasteiger partial charge in [0.15, 0.2) is 6.61 Å². The second-order valence-electron chi connectivity index (χ2n) is 3.34. The van der Waals surface area contributed by atoms with E-state index in [4.69, 9.17) is 4.74 Å². The molecular formula is C9H15NO5. The highest BCUT2D eigenvalue weighted by Crippen LogP contribution is 2.10. The van der Waals surface area contributed by atoms with Gasteiger partial charge < -0.3 is 9.47 Å². The fraction of sp³-hybridized carbons (Fsp3) is 0.667. The van der Waals surface area contributed by atoms with E-state index in [-0.39, 0.29) is 19.8 Å². The molecule has 0 aromatic carbocycles. The van der Waals surface area contributed by atoms with Crippen LogP contribution in [0.5, 0.6) is 0 Å². The summed E-state index contributed by atoms with van der Waals surface area (Å²) in [5.41, 5.74) is -1.41. The Morgan fingerprint density at radius 1 is 1.60 bits per heavy atom. The molecule has 0 spiro atoms. The van der Waals surface area contributed by atoms with Crippen molar-refractivity contribution in [3.63, 3.8) is 0 Å². The van der Waals surface area contributed by atoms with Crippen molar-refractivity contribution < 1.29 is 19.2 Å². The van der Waals surface area contributed by atoms with E-state index >= 15 is 0 Å². The Kier molecular flexibility index (Phi) is 5.54. The molecule has 0 rings (SSSR count). The predicted molar refractivity (Wildman–Crippen MR) is 53.0 cm³/mol. The molecule has 0 saturated carbocycles. The molecule has 0 saturated heterocycles. The number of carbonyl (C=O) groups excluding carboxylic acids is 1. The van der Waals surface area contributed by atoms with Crippen molar-refractivity contribution >= 4 is 5.97 Å². The minimum Gasteiger partial charge on any atom is -0.458 e. The van der Waals surface area contributed by atoms with Crippen molar-refractivity contribution in [1.82, 2.24) is 0 Å². The normalized spacial score (nSPS) is 14.0. The number of rotatable bonds is 7. The van der Waals surface area contributed by atoms with Crippen LogP contribution in [0, 0.1) is 10.1 Å². The first-order valence-electron chi connectivity index (χ1n) is 4.39. The maximum atomic E-state index is 10.7. The quantitative estimate of drug-likeness (QED) is 0.207. The Bertz CT molecular complexity index is 253. The molecule has 0 aliphatic heterocycles. The molecule has 0 bridgehead atoms. The summed E-state index contributed by atoms with van der Waals surface area (Å²) in [4.78, 5) is 20.8. The fourth-order valence-corrected chi connectivity index (χ4v) is 0.766. The molecule has 1 atom stereocenters. The maximum absolute atomic E-state index is 10.7. The first kappa shape index (κ1) is 13.6. The summed E-state index contributed by atoms with van der Waals surface area (Å²) in [5, 5.41) is 10.7. The van der Waals surface area contributed by atoms with Gasteiger partial charge in [-0.25, -0.2) is 0 Å². The van der Waals surface area contributed by atoms with Crippen LogP contribution in [0.2, 0.25) is 0 Å². The number of nitrogens with zero attached hydrogens (tertiary/aromatic N) is 1. The van der Waals surface area contributed by atoms with E-state index in [1.54, 1.807) is 0 Å². The number of nitro groups is 1. The monoisotopic (exact) mass is 217 g/mol. The van der Waals surface area contributed by atoms with Gasteiger partial charge in [-0.2, -0.15) is 0 Å². The Labute approximate surface area is 88.0 Å². The largest absolute Gasteiger partial charge is 0.458 e. The summed E-state index contributed by atoms with van der Waals surface area (Å²) < 4.78 is 9.60. The summed E-state index contributed by atoms with van der Waals surface area (Å²) in [6.07, 6.45) is 1.49. The molecule has 6 nitrogen and oxygen atoms in total. The molecule has 86 valence electrons. The Hall–Kier alpha value is -1.43. The van der Waals surface area contributed by atoms with Gasteiger partial charge in [-0.05, 0) is 0 Å². The topological polar surface area (TPSA) is 78.7 Å². The molecule has 0 fully saturated rings. The third kappa shape index (κ3) is 5.11. The van der Waals surface area contributed by atoms with Gasteiger partial charge in [0.2, 0.25) is 0 Å². The van der Waals surface area contributed by atoms with Crippen LogP contribution in [0.1, 0.15) is 13.8 Å². The standard InChI is InChI=1S/C9H15NO5/c1-4-5-14-6-9(3,10(12)13)7-15-8(2)11/h4H,1,5-7H2,2-3H3. The van der Waals surface area contributed by atoms with E-state index in [0.29, 0.717) is 0 Å². The zero-order valence-electron chi connectivity index (χ0n) is 8.89. The summed E-state index contributed by atoms with van der Waals surface area (Å²) >= 11 is 0. The average Bonchev–Trinajstić information content (AvgIpc) is 2.15. The Morgan fingerprint density at radius 2 is 2.20 bits per heavy atom. The lowest BCUT2D eigenvalue weighted by Crippen LogP contribution is -2.44. The van der Waals surface area contributed by atoms with Crippen molar-refractivity contribution in [2.24, 2.45) is 0 Å². The lowest BCUT2D eigenvalue weighted by molar-refractivity contribution is -0.572. The summed E-state index contributed by atoms with van der Waals surface area (Å²) in [6, 6.07) is 0. The summed E-state index contributed by atoms with van der Waals surface area (Å²) in [5.74, 6) is -0.549. The summed E-state index contributed by atoms with van der Waals surface area (Å²) in [7, 11) is 0. The minimum absolute atomic E-state index is 0.126. The van der Waals surface area contributed by atoms with Crippen LogP contribution >= 0.6 is 0 Å². The second-order valence-corrected chi connectivity index (χ2v) is 3.34. The lowest BCUT2D eigenvalue weighted by Gasteiger charge is -2.19. The van der Waals surface area contributed by atoms with Crippen LogP contribution in [0.25, 0.3) is 0 Å². The van der Waals surface area contributed by atoms with Gasteiger partial charge in [0, 0.05) is 18.8 Å². The van der Waals surface area contributed by atoms with Crippen molar-refractivity contribution in [3.05, 3.63) is 22.8 Å². The van der Waals surface area contributed by atoms with Crippen LogP contribution in [-0.2, 0) is 14.3 Å². The van der Waals surface area contributed by atoms with E-state index in [1.165, 1.54) is 19.9 Å². The average molecular weight is 217 g/mol. The molecule has 0 aromatic heterocycles. The first-order chi connectivity index (χ1) is 6.92. The molecule has 0 radical (unpaired) electrons. The van der Waals surface area contributed by atoms with E-state index in [1.807, 2.05) is 0 Å². The van der Waals surface area contributed by atoms with E-state index in [2.05, 4.69) is 11.3 Å². The Balaban J connectivity index is 4.24. The molecule has 0 aliphatic rings. The van der Waals surface area contributed by atoms with Crippen LogP contribution in [0.4, 0.5) is 0 Å². The molecular weight excluding hydrogens is 202 g/mol. The highest BCUT2D eigenvalue weighted by molar-refractivity contribution is 5.65. The Morgan fingerprint density at radius 3 is 2.60 bits per heavy atom. The number of carbonyl (C=O) groups is 1. The van der Waals surface area contributed by atoms with Crippen LogP contribution < -0.4 is 0 Å². The number of hydrogen-bond acceptors (Lipinski definition) is 5. The van der Waals surface area contributed by atoms with Gasteiger partial charge in [0.1, 0.15) is 6.61 Å². The molecule has 15 heavy (non-hydrogen) atoms. The lowest BCUT2D eigenvalue weighted by atomic mass is 10.1. The maximum Gasteiger partial charge on any atom is 0.302 e. The van der Waals surface area contributed by atoms with Crippen LogP contribution in [-0.4, -0.2) is 36.3 Å². The minimum atomic E-state index is -1.41. The third-order valence-corrected chi connectivity index (χ3v) is 1.68. The van der Waals surface area contributed by atoms with Crippen molar-refractivity contribution in [1.29, 1.82) is 0 Å². The highest BCUT2D eigenvalue weighted by atomic mass is 16.6. The molecule has 1 unspecified atom stereocenters. The van der Waals surface area contributed by atoms with Gasteiger partial charge in [-0.3, -0.25) is 14.9 Å². The van der Waals surface area contributed by atoms with E-state index in [9.17, 15) is 14.9 Å². The van der Waals surface area contributed by atoms with Gasteiger partial charge in [-0.1, -0.05) is 6.08 Å². The van der Waals surface area contributed by atoms with Gasteiger partial charge >= 0.3 is 5.97 Å². The van der Waals surface area contributed by atoms with Gasteiger partial charge in [0.05, 0.1) is 6.61 Å². The van der Waals surface area contributed by atoms with Crippen molar-refractivity contribution in [2.45, 2.75) is 19.4 Å². The molecule has 0 heterocycles. The van der Waals surface area contributed by atoms with Crippen molar-refractivity contribution in [3.8, 4) is 0 Å². The SMILES string of the molecule is C=CCOCC(C)(COC(C)=O)[N+](=O)[O-]. The predicted octanol–water partition coefficient (Wildman–Crippen LogP) is 0.788. The molecule has 6 heteroatoms. The first-order valence-corrected chi connectivity index (χ1v) is 4.39. The van der Waals surface area contributed by atoms with Crippen LogP contribution in [0.15, 0.2) is 12.7 Å². The summed E-state index contributed by atoms with van der Waals surface area (Å²) in [6.45, 7) is 5.78. The fourth-order valence-electron chi connectivity index (χ4n) is 0.766. The smallest absolute Gasteiger partial charge is 0.302 e. The number of esters is 1. The third-order valence-electron chi connectivity index (χ3n) is 1.68. The highest BCUT2D eigenvalue weighted by Gasteiger charge is 2.39. The van der Waals surface area contributed by atoms with Crippen LogP contribution in [0.3, 0.4) is 0 Å². The number of ether oxygens (including phenoxy) is 2. The zero-order chi connectivity index (χ0) is 11.9. The molecule has 0 amide bonds. The van der Waals surface area contributed by atoms with E-state index < -0.39 is 16.4 Å². The zero-order valence-corrected chi connectivity index (χ0v) is 8.89. The van der Waals surface area contributed by atoms with E-state index in [0.717, 1.165) is 0 Å². The number of hydrogen-bond donors (Lipinski definition) is 0. The van der Waals surface area contributed by atoms with Gasteiger partial charge in [0.25, 0.3) is 5.54 Å². The molecule has 0 N–H and O–H groups in total. The second kappa shape index (κ2) is 6.13. The molecule has 0 aromatic rings. The van der Waals surface area contributed by atoms with Crippen molar-refractivity contribution in [2.75, 3.05) is 19.8 Å². The molecule has 0 aliphatic carbocycles. The van der Waals surface area contributed by atoms with Gasteiger partial charge in [-0.15, -0.1) is 6.58 Å².